The molecule has 3 rings (SSSR count). The monoisotopic (exact) mass is 320 g/mol. The minimum Gasteiger partial charge on any atom is -0.494 e. The lowest BCUT2D eigenvalue weighted by atomic mass is 10.2. The summed E-state index contributed by atoms with van der Waals surface area (Å²) in [6.07, 6.45) is 0. The molecule has 1 saturated heterocycles. The van der Waals surface area contributed by atoms with Crippen LogP contribution < -0.4 is 15.7 Å². The molecule has 124 valence electrons. The predicted molar refractivity (Wildman–Crippen MR) is 86.1 cm³/mol. The molecular formula is C15H20N4O4. The number of carbonyl (C=O) groups excluding carboxylic acids is 1. The first-order valence-corrected chi connectivity index (χ1v) is 7.40. The number of hydrogen-bond donors (Lipinski definition) is 1. The van der Waals surface area contributed by atoms with E-state index in [-0.39, 0.29) is 11.7 Å². The lowest BCUT2D eigenvalue weighted by Crippen LogP contribution is -2.43. The van der Waals surface area contributed by atoms with Gasteiger partial charge < -0.3 is 19.7 Å². The largest absolute Gasteiger partial charge is 0.494 e. The van der Waals surface area contributed by atoms with Gasteiger partial charge in [0.1, 0.15) is 5.75 Å². The van der Waals surface area contributed by atoms with Crippen LogP contribution in [-0.2, 0) is 18.8 Å². The first kappa shape index (κ1) is 15.4. The molecule has 0 atom stereocenters. The van der Waals surface area contributed by atoms with Crippen molar-refractivity contribution in [3.05, 3.63) is 22.6 Å². The second-order valence-electron chi connectivity index (χ2n) is 5.47. The quantitative estimate of drug-likeness (QED) is 0.886. The Bertz CT molecular complexity index is 802. The van der Waals surface area contributed by atoms with Crippen molar-refractivity contribution in [3.63, 3.8) is 0 Å². The van der Waals surface area contributed by atoms with Gasteiger partial charge in [-0.05, 0) is 6.07 Å². The summed E-state index contributed by atoms with van der Waals surface area (Å²) in [7, 11) is 4.94. The standard InChI is InChI=1S/C15H20N4O4/c1-17-11-8-10(16-14(20)19-4-6-23-7-5-19)13(22-3)9-12(11)18(2)15(17)21/h8-9H,4-7H2,1-3H3,(H,16,20). The van der Waals surface area contributed by atoms with E-state index in [2.05, 4.69) is 5.32 Å². The van der Waals surface area contributed by atoms with Crippen LogP contribution in [0.15, 0.2) is 16.9 Å². The van der Waals surface area contributed by atoms with Gasteiger partial charge in [0.15, 0.2) is 0 Å². The molecule has 0 aliphatic carbocycles. The molecule has 1 N–H and O–H groups in total. The van der Waals surface area contributed by atoms with E-state index in [0.717, 1.165) is 11.0 Å². The van der Waals surface area contributed by atoms with Crippen LogP contribution in [-0.4, -0.2) is 53.5 Å². The number of rotatable bonds is 2. The van der Waals surface area contributed by atoms with Crippen LogP contribution in [0, 0.1) is 0 Å². The average Bonchev–Trinajstić information content (AvgIpc) is 2.79. The van der Waals surface area contributed by atoms with Gasteiger partial charge in [-0.15, -0.1) is 0 Å². The molecule has 1 aromatic heterocycles. The number of hydrogen-bond acceptors (Lipinski definition) is 4. The van der Waals surface area contributed by atoms with E-state index in [0.29, 0.717) is 37.7 Å². The summed E-state index contributed by atoms with van der Waals surface area (Å²) in [6.45, 7) is 2.19. The summed E-state index contributed by atoms with van der Waals surface area (Å²) >= 11 is 0. The van der Waals surface area contributed by atoms with Crippen molar-refractivity contribution in [2.45, 2.75) is 0 Å². The van der Waals surface area contributed by atoms with E-state index in [4.69, 9.17) is 9.47 Å². The van der Waals surface area contributed by atoms with E-state index >= 15 is 0 Å². The zero-order chi connectivity index (χ0) is 16.6. The number of aryl methyl sites for hydroxylation is 2. The Kier molecular flexibility index (Phi) is 3.99. The van der Waals surface area contributed by atoms with E-state index in [1.165, 1.54) is 7.11 Å². The van der Waals surface area contributed by atoms with Crippen molar-refractivity contribution in [1.29, 1.82) is 0 Å². The van der Waals surface area contributed by atoms with Crippen molar-refractivity contribution in [3.8, 4) is 5.75 Å². The van der Waals surface area contributed by atoms with Crippen molar-refractivity contribution in [1.82, 2.24) is 14.0 Å². The summed E-state index contributed by atoms with van der Waals surface area (Å²) in [5, 5.41) is 2.86. The number of imidazole rings is 1. The van der Waals surface area contributed by atoms with Crippen molar-refractivity contribution >= 4 is 22.8 Å². The normalized spacial score (nSPS) is 15.0. The fourth-order valence-corrected chi connectivity index (χ4v) is 2.75. The summed E-state index contributed by atoms with van der Waals surface area (Å²) < 4.78 is 13.7. The van der Waals surface area contributed by atoms with Crippen LogP contribution in [0.3, 0.4) is 0 Å². The van der Waals surface area contributed by atoms with Crippen LogP contribution >= 0.6 is 0 Å². The molecule has 0 saturated carbocycles. The number of amides is 2. The van der Waals surface area contributed by atoms with Crippen molar-refractivity contribution in [2.75, 3.05) is 38.7 Å². The van der Waals surface area contributed by atoms with Gasteiger partial charge in [0.05, 0.1) is 37.0 Å². The number of urea groups is 1. The predicted octanol–water partition coefficient (Wildman–Crippen LogP) is 0.750. The smallest absolute Gasteiger partial charge is 0.328 e. The van der Waals surface area contributed by atoms with Gasteiger partial charge in [-0.3, -0.25) is 9.13 Å². The molecule has 1 aliphatic heterocycles. The van der Waals surface area contributed by atoms with Crippen LogP contribution in [0.25, 0.3) is 11.0 Å². The maximum atomic E-state index is 12.4. The lowest BCUT2D eigenvalue weighted by molar-refractivity contribution is 0.0564. The Labute approximate surface area is 133 Å². The van der Waals surface area contributed by atoms with Crippen molar-refractivity contribution < 1.29 is 14.3 Å². The highest BCUT2D eigenvalue weighted by atomic mass is 16.5. The summed E-state index contributed by atoms with van der Waals surface area (Å²) in [6, 6.07) is 3.31. The Morgan fingerprint density at radius 2 is 1.78 bits per heavy atom. The average molecular weight is 320 g/mol. The Balaban J connectivity index is 1.97. The maximum absolute atomic E-state index is 12.4. The first-order chi connectivity index (χ1) is 11.0. The van der Waals surface area contributed by atoms with Gasteiger partial charge in [0.2, 0.25) is 0 Å². The van der Waals surface area contributed by atoms with E-state index < -0.39 is 0 Å². The zero-order valence-corrected chi connectivity index (χ0v) is 13.5. The molecule has 2 heterocycles. The highest BCUT2D eigenvalue weighted by Gasteiger charge is 2.19. The Hall–Kier alpha value is -2.48. The number of ether oxygens (including phenoxy) is 2. The third-order valence-electron chi connectivity index (χ3n) is 4.13. The highest BCUT2D eigenvalue weighted by molar-refractivity contribution is 5.94. The number of anilines is 1. The minimum atomic E-state index is -0.202. The molecule has 8 heteroatoms. The number of fused-ring (bicyclic) bond motifs is 1. The molecule has 23 heavy (non-hydrogen) atoms. The Morgan fingerprint density at radius 3 is 2.39 bits per heavy atom. The third-order valence-corrected chi connectivity index (χ3v) is 4.13. The SMILES string of the molecule is COc1cc2c(cc1NC(=O)N1CCOCC1)n(C)c(=O)n2C. The van der Waals surface area contributed by atoms with Crippen LogP contribution in [0.1, 0.15) is 0 Å². The zero-order valence-electron chi connectivity index (χ0n) is 13.5. The Morgan fingerprint density at radius 1 is 1.17 bits per heavy atom. The van der Waals surface area contributed by atoms with E-state index in [1.54, 1.807) is 40.3 Å². The third kappa shape index (κ3) is 2.65. The fourth-order valence-electron chi connectivity index (χ4n) is 2.75. The molecule has 1 fully saturated rings. The number of morpholine rings is 1. The summed E-state index contributed by atoms with van der Waals surface area (Å²) in [4.78, 5) is 26.1. The lowest BCUT2D eigenvalue weighted by Gasteiger charge is -2.27. The van der Waals surface area contributed by atoms with Crippen LogP contribution in [0.4, 0.5) is 10.5 Å². The molecule has 8 nitrogen and oxygen atoms in total. The molecular weight excluding hydrogens is 300 g/mol. The number of benzene rings is 1. The molecule has 2 amide bonds. The van der Waals surface area contributed by atoms with E-state index in [9.17, 15) is 9.59 Å². The molecule has 1 aromatic carbocycles. The molecule has 0 bridgehead atoms. The summed E-state index contributed by atoms with van der Waals surface area (Å²) in [5.74, 6) is 0.514. The first-order valence-electron chi connectivity index (χ1n) is 7.40. The highest BCUT2D eigenvalue weighted by Crippen LogP contribution is 2.30. The van der Waals surface area contributed by atoms with Crippen LogP contribution in [0.5, 0.6) is 5.75 Å². The van der Waals surface area contributed by atoms with Gasteiger partial charge in [0.25, 0.3) is 0 Å². The number of methoxy groups -OCH3 is 1. The molecule has 0 unspecified atom stereocenters. The van der Waals surface area contributed by atoms with Gasteiger partial charge in [-0.1, -0.05) is 0 Å². The van der Waals surface area contributed by atoms with Gasteiger partial charge >= 0.3 is 11.7 Å². The van der Waals surface area contributed by atoms with Gasteiger partial charge in [-0.25, -0.2) is 9.59 Å². The number of nitrogens with one attached hydrogen (secondary N) is 1. The van der Waals surface area contributed by atoms with Crippen LogP contribution in [0.2, 0.25) is 0 Å². The summed E-state index contributed by atoms with van der Waals surface area (Å²) in [5.41, 5.74) is 1.89. The fraction of sp³-hybridized carbons (Fsp3) is 0.467. The van der Waals surface area contributed by atoms with Gasteiger partial charge in [0, 0.05) is 33.3 Å². The maximum Gasteiger partial charge on any atom is 0.328 e. The molecule has 0 spiro atoms. The topological polar surface area (TPSA) is 77.7 Å². The van der Waals surface area contributed by atoms with Crippen molar-refractivity contribution in [2.24, 2.45) is 14.1 Å². The number of aromatic nitrogens is 2. The second kappa shape index (κ2) is 5.96. The number of carbonyl (C=O) groups is 1. The van der Waals surface area contributed by atoms with E-state index in [1.807, 2.05) is 0 Å². The molecule has 2 aromatic rings. The van der Waals surface area contributed by atoms with Gasteiger partial charge in [-0.2, -0.15) is 0 Å². The molecule has 1 aliphatic rings. The minimum absolute atomic E-state index is 0.126. The number of nitrogens with zero attached hydrogens (tertiary/aromatic N) is 3. The second-order valence-corrected chi connectivity index (χ2v) is 5.47. The molecule has 0 radical (unpaired) electrons.